The van der Waals surface area contributed by atoms with E-state index in [9.17, 15) is 5.11 Å². The van der Waals surface area contributed by atoms with Crippen molar-refractivity contribution in [2.75, 3.05) is 10.6 Å². The number of alkyl halides is 1. The maximum Gasteiger partial charge on any atom is 0.115 e. The van der Waals surface area contributed by atoms with Crippen LogP contribution >= 0.6 is 27.5 Å². The van der Waals surface area contributed by atoms with Crippen molar-refractivity contribution in [1.82, 2.24) is 5.32 Å². The first-order valence-electron chi connectivity index (χ1n) is 9.90. The zero-order chi connectivity index (χ0) is 21.9. The molecule has 0 aliphatic heterocycles. The van der Waals surface area contributed by atoms with Gasteiger partial charge in [-0.15, -0.1) is 0 Å². The van der Waals surface area contributed by atoms with Gasteiger partial charge in [-0.1, -0.05) is 57.4 Å². The molecule has 160 valence electrons. The maximum absolute atomic E-state index is 9.62. The molecular weight excluding hydrogens is 462 g/mol. The van der Waals surface area contributed by atoms with E-state index in [-0.39, 0.29) is 5.75 Å². The van der Waals surface area contributed by atoms with Gasteiger partial charge < -0.3 is 15.7 Å². The summed E-state index contributed by atoms with van der Waals surface area (Å²) in [6.45, 7) is 6.46. The average molecular weight is 491 g/mol. The quantitative estimate of drug-likeness (QED) is 0.158. The number of anilines is 1. The Hall–Kier alpha value is -2.24. The van der Waals surface area contributed by atoms with E-state index in [1.165, 1.54) is 5.56 Å². The number of phenolic OH excluding ortho intramolecular Hbond substituents is 1. The van der Waals surface area contributed by atoms with E-state index in [0.717, 1.165) is 46.5 Å². The van der Waals surface area contributed by atoms with E-state index in [4.69, 9.17) is 11.6 Å². The molecule has 0 bridgehead atoms. The first-order chi connectivity index (χ1) is 14.4. The Bertz CT molecular complexity index is 934. The van der Waals surface area contributed by atoms with E-state index in [0.29, 0.717) is 11.6 Å². The van der Waals surface area contributed by atoms with Crippen LogP contribution in [0, 0.1) is 0 Å². The van der Waals surface area contributed by atoms with Gasteiger partial charge in [0.25, 0.3) is 0 Å². The van der Waals surface area contributed by atoms with Crippen molar-refractivity contribution in [2.24, 2.45) is 4.99 Å². The van der Waals surface area contributed by atoms with Crippen molar-refractivity contribution < 1.29 is 5.11 Å². The molecule has 3 N–H and O–H groups in total. The lowest BCUT2D eigenvalue weighted by Gasteiger charge is -2.13. The molecule has 0 aliphatic carbocycles. The van der Waals surface area contributed by atoms with E-state index >= 15 is 0 Å². The van der Waals surface area contributed by atoms with E-state index in [2.05, 4.69) is 49.8 Å². The summed E-state index contributed by atoms with van der Waals surface area (Å²) in [7, 11) is 0. The monoisotopic (exact) mass is 489 g/mol. The van der Waals surface area contributed by atoms with Gasteiger partial charge in [0.1, 0.15) is 11.6 Å². The third-order valence-electron chi connectivity index (χ3n) is 4.34. The molecule has 0 fully saturated rings. The largest absolute Gasteiger partial charge is 0.508 e. The molecule has 0 aliphatic rings. The van der Waals surface area contributed by atoms with Crippen molar-refractivity contribution >= 4 is 39.1 Å². The lowest BCUT2D eigenvalue weighted by molar-refractivity contribution is 0.474. The lowest BCUT2D eigenvalue weighted by Crippen LogP contribution is -2.14. The topological polar surface area (TPSA) is 56.7 Å². The highest BCUT2D eigenvalue weighted by Crippen LogP contribution is 2.19. The molecule has 2 aromatic rings. The molecule has 0 radical (unpaired) electrons. The van der Waals surface area contributed by atoms with Crippen LogP contribution in [0.4, 0.5) is 5.69 Å². The normalized spacial score (nSPS) is 11.9. The second-order valence-electron chi connectivity index (χ2n) is 7.21. The SMILES string of the molecule is CC(=N/C=C(/Cl)C(NCc1cccc(O)c1)=C(C)C)Nc1cccc(CCCBr)c1. The van der Waals surface area contributed by atoms with E-state index in [1.54, 1.807) is 18.3 Å². The Kier molecular flexibility index (Phi) is 9.98. The van der Waals surface area contributed by atoms with Crippen LogP contribution in [0.1, 0.15) is 38.3 Å². The zero-order valence-corrected chi connectivity index (χ0v) is 20.0. The highest BCUT2D eigenvalue weighted by molar-refractivity contribution is 9.09. The van der Waals surface area contributed by atoms with Crippen LogP contribution in [0.2, 0.25) is 0 Å². The number of phenols is 1. The minimum absolute atomic E-state index is 0.247. The Morgan fingerprint density at radius 1 is 1.10 bits per heavy atom. The lowest BCUT2D eigenvalue weighted by atomic mass is 10.1. The molecule has 2 aromatic carbocycles. The molecule has 0 heterocycles. The van der Waals surface area contributed by atoms with Gasteiger partial charge in [0.05, 0.1) is 10.7 Å². The highest BCUT2D eigenvalue weighted by atomic mass is 79.9. The van der Waals surface area contributed by atoms with Gasteiger partial charge in [0.2, 0.25) is 0 Å². The third kappa shape index (κ3) is 8.25. The average Bonchev–Trinajstić information content (AvgIpc) is 2.71. The smallest absolute Gasteiger partial charge is 0.115 e. The molecular formula is C24H29BrClN3O. The predicted molar refractivity (Wildman–Crippen MR) is 133 cm³/mol. The standard InChI is InChI=1S/C24H29BrClN3O/c1-17(2)24(28-15-20-8-5-11-22(30)14-20)23(26)16-27-18(3)29-21-10-4-7-19(13-21)9-6-12-25/h4-5,7-8,10-11,13-14,16,28,30H,6,9,12,15H2,1-3H3,(H,27,29)/b23-16+. The Labute approximate surface area is 192 Å². The van der Waals surface area contributed by atoms with Gasteiger partial charge in [0.15, 0.2) is 0 Å². The van der Waals surface area contributed by atoms with Crippen molar-refractivity contribution in [3.8, 4) is 5.75 Å². The number of nitrogens with one attached hydrogen (secondary N) is 2. The number of halogens is 2. The number of amidine groups is 1. The fourth-order valence-corrected chi connectivity index (χ4v) is 3.48. The van der Waals surface area contributed by atoms with Crippen LogP contribution in [-0.4, -0.2) is 16.3 Å². The Morgan fingerprint density at radius 2 is 1.83 bits per heavy atom. The van der Waals surface area contributed by atoms with Crippen molar-refractivity contribution in [2.45, 2.75) is 40.2 Å². The van der Waals surface area contributed by atoms with Gasteiger partial charge in [-0.2, -0.15) is 0 Å². The molecule has 0 saturated carbocycles. The first kappa shape index (κ1) is 24.0. The number of rotatable bonds is 9. The Morgan fingerprint density at radius 3 is 2.53 bits per heavy atom. The molecule has 0 spiro atoms. The minimum Gasteiger partial charge on any atom is -0.508 e. The molecule has 0 unspecified atom stereocenters. The van der Waals surface area contributed by atoms with Gasteiger partial charge in [0, 0.05) is 23.8 Å². The minimum atomic E-state index is 0.247. The number of hydrogen-bond donors (Lipinski definition) is 3. The summed E-state index contributed by atoms with van der Waals surface area (Å²) in [6, 6.07) is 15.5. The third-order valence-corrected chi connectivity index (χ3v) is 5.19. The molecule has 2 rings (SSSR count). The first-order valence-corrected chi connectivity index (χ1v) is 11.4. The van der Waals surface area contributed by atoms with Crippen molar-refractivity contribution in [1.29, 1.82) is 0 Å². The number of aliphatic imine (C=N–C) groups is 1. The number of allylic oxidation sites excluding steroid dienone is 2. The van der Waals surface area contributed by atoms with Gasteiger partial charge in [-0.25, -0.2) is 4.99 Å². The second kappa shape index (κ2) is 12.5. The summed E-state index contributed by atoms with van der Waals surface area (Å²) in [5.41, 5.74) is 5.16. The van der Waals surface area contributed by atoms with E-state index < -0.39 is 0 Å². The summed E-state index contributed by atoms with van der Waals surface area (Å²) < 4.78 is 0. The fourth-order valence-electron chi connectivity index (χ4n) is 2.89. The van der Waals surface area contributed by atoms with Gasteiger partial charge in [-0.05, 0) is 69.0 Å². The van der Waals surface area contributed by atoms with Crippen LogP contribution in [0.15, 0.2) is 76.0 Å². The summed E-state index contributed by atoms with van der Waals surface area (Å²) in [4.78, 5) is 4.47. The molecule has 30 heavy (non-hydrogen) atoms. The van der Waals surface area contributed by atoms with Gasteiger partial charge in [-0.3, -0.25) is 0 Å². The van der Waals surface area contributed by atoms with Crippen LogP contribution in [-0.2, 0) is 13.0 Å². The maximum atomic E-state index is 9.62. The summed E-state index contributed by atoms with van der Waals surface area (Å²) in [6.07, 6.45) is 3.80. The van der Waals surface area contributed by atoms with Crippen molar-refractivity contribution in [3.05, 3.63) is 82.2 Å². The van der Waals surface area contributed by atoms with Crippen LogP contribution in [0.3, 0.4) is 0 Å². The summed E-state index contributed by atoms with van der Waals surface area (Å²) >= 11 is 10.00. The number of benzene rings is 2. The molecule has 0 saturated heterocycles. The van der Waals surface area contributed by atoms with Crippen LogP contribution < -0.4 is 10.6 Å². The Balaban J connectivity index is 2.04. The molecule has 0 amide bonds. The zero-order valence-electron chi connectivity index (χ0n) is 17.7. The number of hydrogen-bond acceptors (Lipinski definition) is 3. The predicted octanol–water partition coefficient (Wildman–Crippen LogP) is 6.71. The molecule has 6 heteroatoms. The number of nitrogens with zero attached hydrogens (tertiary/aromatic N) is 1. The number of aromatic hydroxyl groups is 1. The second-order valence-corrected chi connectivity index (χ2v) is 8.41. The summed E-state index contributed by atoms with van der Waals surface area (Å²) in [5, 5.41) is 17.8. The van der Waals surface area contributed by atoms with Gasteiger partial charge >= 0.3 is 0 Å². The van der Waals surface area contributed by atoms with Crippen LogP contribution in [0.5, 0.6) is 5.75 Å². The fraction of sp³-hybridized carbons (Fsp3) is 0.292. The number of aryl methyl sites for hydroxylation is 1. The molecule has 4 nitrogen and oxygen atoms in total. The van der Waals surface area contributed by atoms with Crippen molar-refractivity contribution in [3.63, 3.8) is 0 Å². The van der Waals surface area contributed by atoms with E-state index in [1.807, 2.05) is 39.0 Å². The molecule has 0 aromatic heterocycles. The molecule has 0 atom stereocenters. The highest BCUT2D eigenvalue weighted by Gasteiger charge is 2.05. The van der Waals surface area contributed by atoms with Crippen LogP contribution in [0.25, 0.3) is 0 Å². The summed E-state index contributed by atoms with van der Waals surface area (Å²) in [5.74, 6) is 1.00.